The van der Waals surface area contributed by atoms with Crippen molar-refractivity contribution in [2.45, 2.75) is 0 Å². The normalized spacial score (nSPS) is 16.7. The molecule has 0 aromatic heterocycles. The van der Waals surface area contributed by atoms with Gasteiger partial charge in [0.15, 0.2) is 0 Å². The van der Waals surface area contributed by atoms with Crippen LogP contribution in [-0.2, 0) is 4.79 Å². The Hall–Kier alpha value is -2.50. The number of hydrazone groups is 1. The van der Waals surface area contributed by atoms with Crippen LogP contribution in [0.4, 0.5) is 11.4 Å². The summed E-state index contributed by atoms with van der Waals surface area (Å²) in [6, 6.07) is 14.4. The maximum absolute atomic E-state index is 12.4. The second-order valence-corrected chi connectivity index (χ2v) is 5.96. The summed E-state index contributed by atoms with van der Waals surface area (Å²) in [6.07, 6.45) is 3.41. The Morgan fingerprint density at radius 1 is 1.12 bits per heavy atom. The molecule has 0 radical (unpaired) electrons. The lowest BCUT2D eigenvalue weighted by Gasteiger charge is -2.23. The Balaban J connectivity index is 1.73. The highest BCUT2D eigenvalue weighted by Gasteiger charge is 2.24. The number of halogens is 2. The Morgan fingerprint density at radius 2 is 1.88 bits per heavy atom. The second-order valence-electron chi connectivity index (χ2n) is 5.14. The van der Waals surface area contributed by atoms with Crippen LogP contribution in [0.1, 0.15) is 0 Å². The number of amides is 1. The standard InChI is InChI=1S/C17H14Cl2N4O/c18-14-7-6-11(10-15(14)19)21-17(24)13-8-9-23(22-16(13)20)12-4-2-1-3-5-12/h1-10,13H,(H2,20,22)(H,21,24). The molecule has 0 bridgehead atoms. The van der Waals surface area contributed by atoms with Gasteiger partial charge in [-0.25, -0.2) is 5.01 Å². The number of carbonyl (C=O) groups excluding carboxylic acids is 1. The lowest BCUT2D eigenvalue weighted by Crippen LogP contribution is -2.37. The molecule has 2 aromatic rings. The summed E-state index contributed by atoms with van der Waals surface area (Å²) in [6.45, 7) is 0. The van der Waals surface area contributed by atoms with Gasteiger partial charge in [0.1, 0.15) is 11.8 Å². The van der Waals surface area contributed by atoms with Gasteiger partial charge in [0.05, 0.1) is 15.7 Å². The number of hydrogen-bond acceptors (Lipinski definition) is 4. The van der Waals surface area contributed by atoms with Crippen molar-refractivity contribution in [1.29, 1.82) is 0 Å². The van der Waals surface area contributed by atoms with Gasteiger partial charge < -0.3 is 11.1 Å². The molecule has 0 saturated carbocycles. The summed E-state index contributed by atoms with van der Waals surface area (Å²) in [5.74, 6) is -0.739. The number of anilines is 2. The van der Waals surface area contributed by atoms with E-state index in [2.05, 4.69) is 10.4 Å². The molecule has 122 valence electrons. The Kier molecular flexibility index (Phi) is 4.74. The highest BCUT2D eigenvalue weighted by molar-refractivity contribution is 6.42. The third-order valence-corrected chi connectivity index (χ3v) is 4.19. The van der Waals surface area contributed by atoms with Crippen molar-refractivity contribution in [3.63, 3.8) is 0 Å². The number of hydrogen-bond donors (Lipinski definition) is 2. The van der Waals surface area contributed by atoms with Crippen molar-refractivity contribution in [2.75, 3.05) is 10.3 Å². The SMILES string of the molecule is NC1=NN(c2ccccc2)C=CC1C(=O)Nc1ccc(Cl)c(Cl)c1. The van der Waals surface area contributed by atoms with E-state index in [9.17, 15) is 4.79 Å². The number of amidine groups is 1. The van der Waals surface area contributed by atoms with Crippen LogP contribution in [0.25, 0.3) is 0 Å². The zero-order valence-corrected chi connectivity index (χ0v) is 14.0. The molecule has 0 aliphatic carbocycles. The molecule has 1 aliphatic heterocycles. The summed E-state index contributed by atoms with van der Waals surface area (Å²) in [7, 11) is 0. The molecule has 1 heterocycles. The van der Waals surface area contributed by atoms with Crippen LogP contribution in [0.2, 0.25) is 10.0 Å². The van der Waals surface area contributed by atoms with E-state index in [4.69, 9.17) is 28.9 Å². The number of carbonyl (C=O) groups is 1. The molecule has 2 aromatic carbocycles. The molecule has 1 aliphatic rings. The van der Waals surface area contributed by atoms with Crippen LogP contribution >= 0.6 is 23.2 Å². The average Bonchev–Trinajstić information content (AvgIpc) is 2.59. The molecule has 3 N–H and O–H groups in total. The molecule has 0 fully saturated rings. The topological polar surface area (TPSA) is 70.7 Å². The van der Waals surface area contributed by atoms with Gasteiger partial charge in [0.25, 0.3) is 0 Å². The minimum Gasteiger partial charge on any atom is -0.385 e. The summed E-state index contributed by atoms with van der Waals surface area (Å²) in [5, 5.41) is 9.43. The number of benzene rings is 2. The Morgan fingerprint density at radius 3 is 2.54 bits per heavy atom. The predicted octanol–water partition coefficient (Wildman–Crippen LogP) is 3.85. The van der Waals surface area contributed by atoms with Crippen molar-refractivity contribution < 1.29 is 4.79 Å². The van der Waals surface area contributed by atoms with Crippen LogP contribution in [0.5, 0.6) is 0 Å². The maximum Gasteiger partial charge on any atom is 0.239 e. The first-order valence-electron chi connectivity index (χ1n) is 7.17. The number of rotatable bonds is 3. The fraction of sp³-hybridized carbons (Fsp3) is 0.0588. The molecule has 1 unspecified atom stereocenters. The van der Waals surface area contributed by atoms with Gasteiger partial charge in [0, 0.05) is 11.9 Å². The van der Waals surface area contributed by atoms with Gasteiger partial charge in [-0.05, 0) is 36.4 Å². The van der Waals surface area contributed by atoms with Gasteiger partial charge in [-0.1, -0.05) is 41.4 Å². The van der Waals surface area contributed by atoms with Gasteiger partial charge in [-0.15, -0.1) is 0 Å². The molecule has 5 nitrogen and oxygen atoms in total. The third kappa shape index (κ3) is 3.53. The number of nitrogens with zero attached hydrogens (tertiary/aromatic N) is 2. The van der Waals surface area contributed by atoms with E-state index in [0.29, 0.717) is 15.7 Å². The lowest BCUT2D eigenvalue weighted by molar-refractivity contribution is -0.117. The monoisotopic (exact) mass is 360 g/mol. The van der Waals surface area contributed by atoms with Crippen molar-refractivity contribution in [3.05, 3.63) is 70.9 Å². The molecule has 1 atom stereocenters. The Labute approximate surface area is 149 Å². The first kappa shape index (κ1) is 16.4. The second kappa shape index (κ2) is 6.95. The maximum atomic E-state index is 12.4. The highest BCUT2D eigenvalue weighted by Crippen LogP contribution is 2.26. The zero-order chi connectivity index (χ0) is 17.1. The fourth-order valence-corrected chi connectivity index (χ4v) is 2.52. The molecular formula is C17H14Cl2N4O. The quantitative estimate of drug-likeness (QED) is 0.872. The van der Waals surface area contributed by atoms with Crippen LogP contribution in [-0.4, -0.2) is 11.7 Å². The number of nitrogens with one attached hydrogen (secondary N) is 1. The van der Waals surface area contributed by atoms with Gasteiger partial charge in [0.2, 0.25) is 5.91 Å². The molecule has 24 heavy (non-hydrogen) atoms. The average molecular weight is 361 g/mol. The van der Waals surface area contributed by atoms with E-state index in [1.165, 1.54) is 0 Å². The van der Waals surface area contributed by atoms with Crippen LogP contribution < -0.4 is 16.1 Å². The zero-order valence-electron chi connectivity index (χ0n) is 12.5. The van der Waals surface area contributed by atoms with E-state index in [-0.39, 0.29) is 11.7 Å². The van der Waals surface area contributed by atoms with Gasteiger partial charge in [-0.2, -0.15) is 5.10 Å². The van der Waals surface area contributed by atoms with E-state index in [0.717, 1.165) is 5.69 Å². The first-order valence-corrected chi connectivity index (χ1v) is 7.92. The summed E-state index contributed by atoms with van der Waals surface area (Å²) in [4.78, 5) is 12.4. The minimum absolute atomic E-state index is 0.207. The summed E-state index contributed by atoms with van der Waals surface area (Å²) in [5.41, 5.74) is 7.37. The summed E-state index contributed by atoms with van der Waals surface area (Å²) >= 11 is 11.8. The van der Waals surface area contributed by atoms with Gasteiger partial charge >= 0.3 is 0 Å². The van der Waals surface area contributed by atoms with Gasteiger partial charge in [-0.3, -0.25) is 4.79 Å². The van der Waals surface area contributed by atoms with E-state index < -0.39 is 5.92 Å². The first-order chi connectivity index (χ1) is 11.5. The molecule has 1 amide bonds. The van der Waals surface area contributed by atoms with Crippen molar-refractivity contribution in [1.82, 2.24) is 0 Å². The number of para-hydroxylation sites is 1. The smallest absolute Gasteiger partial charge is 0.239 e. The Bertz CT molecular complexity index is 821. The molecule has 3 rings (SSSR count). The summed E-state index contributed by atoms with van der Waals surface area (Å²) < 4.78 is 0. The molecular weight excluding hydrogens is 347 g/mol. The van der Waals surface area contributed by atoms with Crippen LogP contribution in [0, 0.1) is 5.92 Å². The lowest BCUT2D eigenvalue weighted by atomic mass is 10.1. The van der Waals surface area contributed by atoms with E-state index >= 15 is 0 Å². The fourth-order valence-electron chi connectivity index (χ4n) is 2.23. The predicted molar refractivity (Wildman–Crippen MR) is 98.3 cm³/mol. The largest absolute Gasteiger partial charge is 0.385 e. The highest BCUT2D eigenvalue weighted by atomic mass is 35.5. The van der Waals surface area contributed by atoms with E-state index in [1.807, 2.05) is 30.3 Å². The molecule has 0 saturated heterocycles. The molecule has 7 heteroatoms. The van der Waals surface area contributed by atoms with Crippen molar-refractivity contribution in [3.8, 4) is 0 Å². The van der Waals surface area contributed by atoms with E-state index in [1.54, 1.807) is 35.5 Å². The third-order valence-electron chi connectivity index (χ3n) is 3.45. The number of nitrogens with two attached hydrogens (primary N) is 1. The van der Waals surface area contributed by atoms with Crippen molar-refractivity contribution >= 4 is 46.3 Å². The van der Waals surface area contributed by atoms with Crippen LogP contribution in [0.15, 0.2) is 65.9 Å². The van der Waals surface area contributed by atoms with Crippen molar-refractivity contribution in [2.24, 2.45) is 16.8 Å². The van der Waals surface area contributed by atoms with Crippen LogP contribution in [0.3, 0.4) is 0 Å². The minimum atomic E-state index is -0.653. The molecule has 0 spiro atoms.